The molecular formula is C26H24N8O5. The zero-order chi connectivity index (χ0) is 27.5. The van der Waals surface area contributed by atoms with Gasteiger partial charge in [-0.2, -0.15) is 0 Å². The summed E-state index contributed by atoms with van der Waals surface area (Å²) >= 11 is 0. The van der Waals surface area contributed by atoms with Crippen molar-refractivity contribution in [3.63, 3.8) is 0 Å². The minimum absolute atomic E-state index is 0.0404. The van der Waals surface area contributed by atoms with Crippen molar-refractivity contribution in [1.82, 2.24) is 30.7 Å². The Labute approximate surface area is 221 Å². The SMILES string of the molecule is CN(C(N)=O)c1cccc(CNC(=O)c2cc(C(=O)N[C@H]3CCc4cc(-c5noc(=O)[nH]5)ccc43)ncn2)c1. The van der Waals surface area contributed by atoms with Gasteiger partial charge in [0.1, 0.15) is 17.7 Å². The predicted molar refractivity (Wildman–Crippen MR) is 139 cm³/mol. The molecule has 0 fully saturated rings. The van der Waals surface area contributed by atoms with Crippen molar-refractivity contribution in [3.8, 4) is 11.4 Å². The number of aryl methyl sites for hydroxylation is 1. The molecule has 198 valence electrons. The van der Waals surface area contributed by atoms with Gasteiger partial charge in [-0.15, -0.1) is 0 Å². The van der Waals surface area contributed by atoms with Gasteiger partial charge in [-0.3, -0.25) is 24.0 Å². The molecule has 4 aromatic rings. The lowest BCUT2D eigenvalue weighted by Crippen LogP contribution is -2.32. The molecule has 1 aliphatic rings. The monoisotopic (exact) mass is 528 g/mol. The number of aromatic amines is 1. The predicted octanol–water partition coefficient (Wildman–Crippen LogP) is 1.68. The number of primary amides is 1. The molecule has 5 rings (SSSR count). The molecule has 2 heterocycles. The molecule has 13 heteroatoms. The van der Waals surface area contributed by atoms with Gasteiger partial charge in [-0.1, -0.05) is 29.4 Å². The first kappa shape index (κ1) is 25.3. The molecule has 0 radical (unpaired) electrons. The second kappa shape index (κ2) is 10.6. The molecule has 0 spiro atoms. The first-order valence-corrected chi connectivity index (χ1v) is 12.0. The van der Waals surface area contributed by atoms with Crippen LogP contribution in [-0.4, -0.2) is 45.0 Å². The minimum atomic E-state index is -0.629. The molecule has 0 saturated carbocycles. The second-order valence-corrected chi connectivity index (χ2v) is 8.96. The number of hydrogen-bond donors (Lipinski definition) is 4. The van der Waals surface area contributed by atoms with Crippen LogP contribution < -0.4 is 27.0 Å². The van der Waals surface area contributed by atoms with Crippen molar-refractivity contribution in [1.29, 1.82) is 0 Å². The molecular weight excluding hydrogens is 504 g/mol. The third-order valence-corrected chi connectivity index (χ3v) is 6.45. The summed E-state index contributed by atoms with van der Waals surface area (Å²) in [5.74, 6) is -1.20. The first-order valence-electron chi connectivity index (χ1n) is 12.0. The van der Waals surface area contributed by atoms with E-state index in [1.54, 1.807) is 37.4 Å². The van der Waals surface area contributed by atoms with Crippen molar-refractivity contribution in [3.05, 3.63) is 93.5 Å². The molecule has 0 unspecified atom stereocenters. The van der Waals surface area contributed by atoms with E-state index in [2.05, 4.69) is 35.3 Å². The van der Waals surface area contributed by atoms with E-state index in [9.17, 15) is 19.2 Å². The average molecular weight is 529 g/mol. The summed E-state index contributed by atoms with van der Waals surface area (Å²) in [5.41, 5.74) is 9.44. The van der Waals surface area contributed by atoms with Crippen LogP contribution in [0.3, 0.4) is 0 Å². The number of rotatable bonds is 7. The Morgan fingerprint density at radius 3 is 2.64 bits per heavy atom. The largest absolute Gasteiger partial charge is 0.439 e. The van der Waals surface area contributed by atoms with Gasteiger partial charge in [0, 0.05) is 30.9 Å². The van der Waals surface area contributed by atoms with Crippen molar-refractivity contribution in [2.75, 3.05) is 11.9 Å². The fraction of sp³-hybridized carbons (Fsp3) is 0.192. The van der Waals surface area contributed by atoms with Crippen molar-refractivity contribution in [2.24, 2.45) is 5.73 Å². The summed E-state index contributed by atoms with van der Waals surface area (Å²) in [4.78, 5) is 60.2. The van der Waals surface area contributed by atoms with Crippen LogP contribution in [0.15, 0.2) is 64.2 Å². The number of carbonyl (C=O) groups excluding carboxylic acids is 3. The molecule has 1 atom stereocenters. The van der Waals surface area contributed by atoms with E-state index < -0.39 is 23.6 Å². The smallest absolute Gasteiger partial charge is 0.351 e. The van der Waals surface area contributed by atoms with E-state index in [4.69, 9.17) is 5.73 Å². The lowest BCUT2D eigenvalue weighted by molar-refractivity contribution is 0.0931. The van der Waals surface area contributed by atoms with Crippen LogP contribution in [0.1, 0.15) is 50.1 Å². The topological polar surface area (TPSA) is 189 Å². The van der Waals surface area contributed by atoms with Crippen molar-refractivity contribution >= 4 is 23.5 Å². The van der Waals surface area contributed by atoms with Gasteiger partial charge in [0.05, 0.1) is 6.04 Å². The lowest BCUT2D eigenvalue weighted by Gasteiger charge is -2.15. The average Bonchev–Trinajstić information content (AvgIpc) is 3.57. The van der Waals surface area contributed by atoms with Crippen LogP contribution in [0, 0.1) is 0 Å². The summed E-state index contributed by atoms with van der Waals surface area (Å²) < 4.78 is 4.57. The van der Waals surface area contributed by atoms with Crippen LogP contribution in [0.25, 0.3) is 11.4 Å². The summed E-state index contributed by atoms with van der Waals surface area (Å²) in [5, 5.41) is 9.43. The molecule has 0 aliphatic heterocycles. The number of benzene rings is 2. The summed E-state index contributed by atoms with van der Waals surface area (Å²) in [6.07, 6.45) is 2.58. The number of hydrogen-bond acceptors (Lipinski definition) is 8. The van der Waals surface area contributed by atoms with Gasteiger partial charge in [0.2, 0.25) is 0 Å². The first-order chi connectivity index (χ1) is 18.8. The Bertz CT molecular complexity index is 1630. The van der Waals surface area contributed by atoms with Gasteiger partial charge in [-0.05, 0) is 47.7 Å². The van der Waals surface area contributed by atoms with E-state index in [1.165, 1.54) is 17.3 Å². The molecule has 39 heavy (non-hydrogen) atoms. The van der Waals surface area contributed by atoms with Crippen LogP contribution in [-0.2, 0) is 13.0 Å². The van der Waals surface area contributed by atoms with E-state index in [1.807, 2.05) is 12.1 Å². The molecule has 1 aliphatic carbocycles. The van der Waals surface area contributed by atoms with Crippen LogP contribution in [0.2, 0.25) is 0 Å². The Balaban J connectivity index is 1.23. The highest BCUT2D eigenvalue weighted by Gasteiger charge is 2.26. The molecule has 2 aromatic heterocycles. The Hall–Kier alpha value is -5.33. The number of nitrogens with one attached hydrogen (secondary N) is 3. The maximum atomic E-state index is 13.0. The summed E-state index contributed by atoms with van der Waals surface area (Å²) in [6, 6.07) is 13.1. The van der Waals surface area contributed by atoms with Crippen molar-refractivity contribution < 1.29 is 18.9 Å². The standard InChI is InChI=1S/C26H24N8O5/c1-34(25(27)37)17-4-2-3-14(9-17)12-28-23(35)20-11-21(30-13-29-20)24(36)31-19-8-6-15-10-16(5-7-18(15)19)22-32-26(38)39-33-22/h2-5,7,9-11,13,19H,6,8,12H2,1H3,(H2,27,37)(H,28,35)(H,31,36)(H,32,33,38)/t19-/m0/s1. The highest BCUT2D eigenvalue weighted by Crippen LogP contribution is 2.33. The zero-order valence-electron chi connectivity index (χ0n) is 20.8. The number of H-pyrrole nitrogens is 1. The molecule has 2 aromatic carbocycles. The van der Waals surface area contributed by atoms with Gasteiger partial charge >= 0.3 is 11.8 Å². The van der Waals surface area contributed by atoms with Gasteiger partial charge in [0.15, 0.2) is 5.82 Å². The fourth-order valence-corrected chi connectivity index (χ4v) is 4.38. The number of amides is 4. The summed E-state index contributed by atoms with van der Waals surface area (Å²) in [6.45, 7) is 0.174. The zero-order valence-corrected chi connectivity index (χ0v) is 20.8. The van der Waals surface area contributed by atoms with E-state index in [0.717, 1.165) is 23.1 Å². The summed E-state index contributed by atoms with van der Waals surface area (Å²) in [7, 11) is 1.55. The lowest BCUT2D eigenvalue weighted by atomic mass is 10.0. The normalized spacial score (nSPS) is 13.9. The van der Waals surface area contributed by atoms with Gasteiger partial charge in [0.25, 0.3) is 11.8 Å². The number of urea groups is 1. The van der Waals surface area contributed by atoms with Gasteiger partial charge < -0.3 is 16.4 Å². The molecule has 13 nitrogen and oxygen atoms in total. The third-order valence-electron chi connectivity index (χ3n) is 6.45. The third kappa shape index (κ3) is 5.51. The Kier molecular flexibility index (Phi) is 6.87. The number of carbonyl (C=O) groups is 3. The van der Waals surface area contributed by atoms with E-state index in [-0.39, 0.29) is 24.0 Å². The molecule has 0 saturated heterocycles. The minimum Gasteiger partial charge on any atom is -0.351 e. The molecule has 4 amide bonds. The maximum Gasteiger partial charge on any atom is 0.439 e. The number of nitrogens with zero attached hydrogens (tertiary/aromatic N) is 4. The quantitative estimate of drug-likeness (QED) is 0.279. The Morgan fingerprint density at radius 2 is 1.90 bits per heavy atom. The highest BCUT2D eigenvalue weighted by atomic mass is 16.5. The van der Waals surface area contributed by atoms with Gasteiger partial charge in [-0.25, -0.2) is 19.6 Å². The second-order valence-electron chi connectivity index (χ2n) is 8.96. The number of nitrogens with two attached hydrogens (primary N) is 1. The fourth-order valence-electron chi connectivity index (χ4n) is 4.38. The van der Waals surface area contributed by atoms with Crippen LogP contribution in [0.5, 0.6) is 0 Å². The van der Waals surface area contributed by atoms with E-state index in [0.29, 0.717) is 23.5 Å². The number of anilines is 1. The van der Waals surface area contributed by atoms with Crippen LogP contribution in [0.4, 0.5) is 10.5 Å². The maximum absolute atomic E-state index is 13.0. The van der Waals surface area contributed by atoms with Crippen molar-refractivity contribution in [2.45, 2.75) is 25.4 Å². The number of aromatic nitrogens is 4. The van der Waals surface area contributed by atoms with Crippen LogP contribution >= 0.6 is 0 Å². The molecule has 5 N–H and O–H groups in total. The number of fused-ring (bicyclic) bond motifs is 1. The van der Waals surface area contributed by atoms with E-state index >= 15 is 0 Å². The molecule has 0 bridgehead atoms. The Morgan fingerprint density at radius 1 is 1.10 bits per heavy atom. The highest BCUT2D eigenvalue weighted by molar-refractivity contribution is 5.97.